The highest BCUT2D eigenvalue weighted by Gasteiger charge is 2.18. The van der Waals surface area contributed by atoms with Gasteiger partial charge in [0.25, 0.3) is 0 Å². The Labute approximate surface area is 216 Å². The number of carboxylic acids is 1. The molecule has 0 saturated heterocycles. The van der Waals surface area contributed by atoms with Crippen LogP contribution >= 0.6 is 12.2 Å². The fraction of sp³-hybridized carbons (Fsp3) is 0.0385. The second-order valence-electron chi connectivity index (χ2n) is 8.03. The molecule has 0 saturated carbocycles. The number of benzene rings is 3. The van der Waals surface area contributed by atoms with Gasteiger partial charge in [0.05, 0.1) is 39.8 Å². The Morgan fingerprint density at radius 3 is 2.62 bits per heavy atom. The second kappa shape index (κ2) is 9.91. The third-order valence-corrected chi connectivity index (χ3v) is 5.59. The molecule has 37 heavy (non-hydrogen) atoms. The number of nitrogens with two attached hydrogens (primary N) is 1. The quantitative estimate of drug-likeness (QED) is 0.143. The minimum absolute atomic E-state index is 0.0483. The number of aromatic carboxylic acids is 1. The zero-order valence-corrected chi connectivity index (χ0v) is 20.4. The lowest BCUT2D eigenvalue weighted by molar-refractivity contribution is 0.0697. The number of nitrogens with zero attached hydrogens (tertiary/aromatic N) is 4. The molecule has 0 radical (unpaired) electrons. The fourth-order valence-electron chi connectivity index (χ4n) is 3.74. The lowest BCUT2D eigenvalue weighted by Crippen LogP contribution is -2.24. The molecule has 2 heterocycles. The van der Waals surface area contributed by atoms with Crippen LogP contribution in [-0.4, -0.2) is 42.2 Å². The van der Waals surface area contributed by atoms with Crippen LogP contribution in [0.15, 0.2) is 77.9 Å². The first kappa shape index (κ1) is 23.7. The van der Waals surface area contributed by atoms with Crippen molar-refractivity contribution in [2.45, 2.75) is 6.92 Å². The van der Waals surface area contributed by atoms with Crippen molar-refractivity contribution in [1.82, 2.24) is 25.2 Å². The van der Waals surface area contributed by atoms with E-state index in [2.05, 4.69) is 25.6 Å². The molecule has 0 atom stereocenters. The minimum atomic E-state index is -0.990. The lowest BCUT2D eigenvalue weighted by Gasteiger charge is -2.10. The first-order valence-corrected chi connectivity index (χ1v) is 11.5. The molecule has 0 aliphatic carbocycles. The van der Waals surface area contributed by atoms with Crippen molar-refractivity contribution in [3.05, 3.63) is 89.6 Å². The SMILES string of the molecule is Cc1nn(-c2ccccc2)c(Oc2ccc(-c3nc4ccc(C(=O)O)cc4[nH]3)cc2)c1/C=N/NC(N)=S. The Morgan fingerprint density at radius 1 is 1.16 bits per heavy atom. The highest BCUT2D eigenvalue weighted by atomic mass is 32.1. The number of carboxylic acid groups (broad SMARTS) is 1. The van der Waals surface area contributed by atoms with Gasteiger partial charge in [-0.15, -0.1) is 0 Å². The van der Waals surface area contributed by atoms with Crippen molar-refractivity contribution in [1.29, 1.82) is 0 Å². The first-order chi connectivity index (χ1) is 17.9. The van der Waals surface area contributed by atoms with Gasteiger partial charge in [0.2, 0.25) is 5.88 Å². The van der Waals surface area contributed by atoms with E-state index in [1.807, 2.05) is 61.5 Å². The number of rotatable bonds is 7. The Balaban J connectivity index is 1.47. The monoisotopic (exact) mass is 511 g/mol. The number of aryl methyl sites for hydroxylation is 1. The predicted molar refractivity (Wildman–Crippen MR) is 144 cm³/mol. The molecule has 184 valence electrons. The predicted octanol–water partition coefficient (Wildman–Crippen LogP) is 4.38. The van der Waals surface area contributed by atoms with Crippen molar-refractivity contribution in [2.24, 2.45) is 10.8 Å². The van der Waals surface area contributed by atoms with Gasteiger partial charge >= 0.3 is 5.97 Å². The van der Waals surface area contributed by atoms with Crippen LogP contribution in [0.4, 0.5) is 0 Å². The van der Waals surface area contributed by atoms with Crippen LogP contribution < -0.4 is 15.9 Å². The summed E-state index contributed by atoms with van der Waals surface area (Å²) in [4.78, 5) is 19.0. The molecule has 0 aliphatic rings. The number of para-hydroxylation sites is 1. The van der Waals surface area contributed by atoms with Gasteiger partial charge in [-0.05, 0) is 73.7 Å². The molecule has 10 nitrogen and oxygen atoms in total. The van der Waals surface area contributed by atoms with Crippen LogP contribution in [0.2, 0.25) is 0 Å². The molecule has 0 unspecified atom stereocenters. The molecule has 11 heteroatoms. The lowest BCUT2D eigenvalue weighted by atomic mass is 10.2. The van der Waals surface area contributed by atoms with Gasteiger partial charge in [-0.25, -0.2) is 9.78 Å². The van der Waals surface area contributed by atoms with E-state index in [0.29, 0.717) is 39.7 Å². The Kier molecular flexibility index (Phi) is 6.35. The molecule has 0 bridgehead atoms. The van der Waals surface area contributed by atoms with Gasteiger partial charge in [0, 0.05) is 5.56 Å². The van der Waals surface area contributed by atoms with Crippen LogP contribution in [0.25, 0.3) is 28.1 Å². The molecule has 2 aromatic heterocycles. The maximum Gasteiger partial charge on any atom is 0.335 e. The van der Waals surface area contributed by atoms with Crippen LogP contribution in [0.1, 0.15) is 21.6 Å². The van der Waals surface area contributed by atoms with Crippen LogP contribution in [0.3, 0.4) is 0 Å². The van der Waals surface area contributed by atoms with Crippen LogP contribution in [0.5, 0.6) is 11.6 Å². The van der Waals surface area contributed by atoms with E-state index in [0.717, 1.165) is 11.3 Å². The van der Waals surface area contributed by atoms with Gasteiger partial charge in [0.15, 0.2) is 5.11 Å². The third-order valence-electron chi connectivity index (χ3n) is 5.50. The van der Waals surface area contributed by atoms with E-state index in [1.54, 1.807) is 23.0 Å². The third kappa shape index (κ3) is 5.02. The number of ether oxygens (including phenoxy) is 1. The van der Waals surface area contributed by atoms with E-state index < -0.39 is 5.97 Å². The van der Waals surface area contributed by atoms with Gasteiger partial charge in [-0.1, -0.05) is 18.2 Å². The average Bonchev–Trinajstić information content (AvgIpc) is 3.45. The van der Waals surface area contributed by atoms with Gasteiger partial charge in [0.1, 0.15) is 11.6 Å². The summed E-state index contributed by atoms with van der Waals surface area (Å²) in [6.45, 7) is 1.86. The zero-order chi connectivity index (χ0) is 25.9. The number of fused-ring (bicyclic) bond motifs is 1. The summed E-state index contributed by atoms with van der Waals surface area (Å²) in [6.07, 6.45) is 1.56. The zero-order valence-electron chi connectivity index (χ0n) is 19.5. The van der Waals surface area contributed by atoms with E-state index >= 15 is 0 Å². The molecule has 0 amide bonds. The number of aromatic amines is 1. The molecule has 0 spiro atoms. The van der Waals surface area contributed by atoms with Crippen molar-refractivity contribution < 1.29 is 14.6 Å². The number of hydrogen-bond acceptors (Lipinski definition) is 6. The molecular weight excluding hydrogens is 490 g/mol. The Morgan fingerprint density at radius 2 is 1.92 bits per heavy atom. The molecule has 5 aromatic rings. The second-order valence-corrected chi connectivity index (χ2v) is 8.47. The van der Waals surface area contributed by atoms with Gasteiger partial charge in [-0.3, -0.25) is 5.43 Å². The topological polar surface area (TPSA) is 143 Å². The molecule has 0 fully saturated rings. The molecule has 5 rings (SSSR count). The summed E-state index contributed by atoms with van der Waals surface area (Å²) in [5.41, 5.74) is 12.5. The highest BCUT2D eigenvalue weighted by Crippen LogP contribution is 2.31. The number of H-pyrrole nitrogens is 1. The summed E-state index contributed by atoms with van der Waals surface area (Å²) < 4.78 is 7.99. The summed E-state index contributed by atoms with van der Waals surface area (Å²) >= 11 is 4.82. The van der Waals surface area contributed by atoms with Crippen molar-refractivity contribution >= 4 is 40.5 Å². The molecular formula is C26H21N7O3S. The maximum absolute atomic E-state index is 11.3. The fourth-order valence-corrected chi connectivity index (χ4v) is 3.79. The molecule has 3 aromatic carbocycles. The van der Waals surface area contributed by atoms with Gasteiger partial charge in [-0.2, -0.15) is 14.9 Å². The molecule has 5 N–H and O–H groups in total. The van der Waals surface area contributed by atoms with Gasteiger partial charge < -0.3 is 20.6 Å². The van der Waals surface area contributed by atoms with Crippen molar-refractivity contribution in [3.8, 4) is 28.7 Å². The summed E-state index contributed by atoms with van der Waals surface area (Å²) in [5.74, 6) is 0.665. The van der Waals surface area contributed by atoms with E-state index in [-0.39, 0.29) is 10.7 Å². The van der Waals surface area contributed by atoms with E-state index in [1.165, 1.54) is 6.07 Å². The number of nitrogens with one attached hydrogen (secondary N) is 2. The van der Waals surface area contributed by atoms with E-state index in [4.69, 9.17) is 22.7 Å². The molecule has 0 aliphatic heterocycles. The number of carbonyl (C=O) groups is 1. The Bertz CT molecular complexity index is 1640. The highest BCUT2D eigenvalue weighted by molar-refractivity contribution is 7.80. The number of aromatic nitrogens is 4. The summed E-state index contributed by atoms with van der Waals surface area (Å²) in [6, 6.07) is 21.7. The average molecular weight is 512 g/mol. The Hall–Kier alpha value is -5.03. The summed E-state index contributed by atoms with van der Waals surface area (Å²) in [7, 11) is 0. The summed E-state index contributed by atoms with van der Waals surface area (Å²) in [5, 5.41) is 18.0. The van der Waals surface area contributed by atoms with Crippen LogP contribution in [0, 0.1) is 6.92 Å². The number of hydrogen-bond donors (Lipinski definition) is 4. The normalized spacial score (nSPS) is 11.2. The number of hydrazone groups is 1. The standard InChI is InChI=1S/C26H21N7O3S/c1-15-20(14-28-31-26(27)37)24(33(32-15)18-5-3-2-4-6-18)36-19-10-7-16(8-11-19)23-29-21-12-9-17(25(34)35)13-22(21)30-23/h2-14H,1H3,(H,29,30)(H,34,35)(H3,27,31,37)/b28-14+. The van der Waals surface area contributed by atoms with E-state index in [9.17, 15) is 9.90 Å². The van der Waals surface area contributed by atoms with Crippen molar-refractivity contribution in [2.75, 3.05) is 0 Å². The first-order valence-electron chi connectivity index (χ1n) is 11.1. The minimum Gasteiger partial charge on any atom is -0.478 e. The van der Waals surface area contributed by atoms with Crippen LogP contribution in [-0.2, 0) is 0 Å². The smallest absolute Gasteiger partial charge is 0.335 e. The largest absolute Gasteiger partial charge is 0.478 e. The number of imidazole rings is 1. The maximum atomic E-state index is 11.3. The number of thiocarbonyl (C=S) groups is 1. The van der Waals surface area contributed by atoms with Crippen molar-refractivity contribution in [3.63, 3.8) is 0 Å².